The second kappa shape index (κ2) is 11.3. The Morgan fingerprint density at radius 1 is 0.373 bits per heavy atom. The third-order valence-corrected chi connectivity index (χ3v) is 10.4. The van der Waals surface area contributed by atoms with Crippen molar-refractivity contribution in [2.45, 2.75) is 5.41 Å². The molecule has 0 radical (unpaired) electrons. The minimum Gasteiger partial charge on any atom is -0.208 e. The summed E-state index contributed by atoms with van der Waals surface area (Å²) in [7, 11) is 0. The van der Waals surface area contributed by atoms with Gasteiger partial charge in [-0.2, -0.15) is 5.26 Å². The van der Waals surface area contributed by atoms with Crippen LogP contribution in [0.5, 0.6) is 0 Å². The lowest BCUT2D eigenvalue weighted by Gasteiger charge is -2.30. The molecule has 0 atom stereocenters. The molecule has 2 aliphatic carbocycles. The number of hydrogen-bond donors (Lipinski definition) is 0. The number of rotatable bonds is 4. The first-order valence-corrected chi connectivity index (χ1v) is 17.1. The van der Waals surface area contributed by atoms with Crippen LogP contribution < -0.4 is 0 Å². The van der Waals surface area contributed by atoms with Gasteiger partial charge in [0.25, 0.3) is 0 Å². The van der Waals surface area contributed by atoms with Crippen LogP contribution in [0.3, 0.4) is 0 Å². The van der Waals surface area contributed by atoms with E-state index in [1.54, 1.807) is 0 Å². The van der Waals surface area contributed by atoms with Crippen LogP contribution in [0.4, 0.5) is 0 Å². The highest BCUT2D eigenvalue weighted by Crippen LogP contribution is 2.64. The van der Waals surface area contributed by atoms with E-state index in [-0.39, 0.29) is 0 Å². The lowest BCUT2D eigenvalue weighted by atomic mass is 9.70. The monoisotopic (exact) mass is 648 g/mol. The maximum absolute atomic E-state index is 10.1. The third kappa shape index (κ3) is 4.22. The van der Waals surface area contributed by atoms with Crippen molar-refractivity contribution < 1.29 is 0 Å². The van der Waals surface area contributed by atoms with E-state index in [0.29, 0.717) is 23.0 Å². The molecule has 8 aromatic rings. The first kappa shape index (κ1) is 29.0. The first-order chi connectivity index (χ1) is 25.3. The van der Waals surface area contributed by atoms with Gasteiger partial charge in [0, 0.05) is 16.7 Å². The zero-order valence-electron chi connectivity index (χ0n) is 27.5. The molecular formula is C47H28N4. The highest BCUT2D eigenvalue weighted by molar-refractivity contribution is 6.01. The SMILES string of the molecule is N#Cc1ccc2c(c1)-c1c(-c3ccccc3-c3nc(-c4ccccc4)nc(-c4ccccc4)n3)cccc1C21c2ccccc2-c2ccccc21. The van der Waals surface area contributed by atoms with E-state index in [0.717, 1.165) is 38.9 Å². The van der Waals surface area contributed by atoms with Crippen molar-refractivity contribution in [3.8, 4) is 73.6 Å². The van der Waals surface area contributed by atoms with Gasteiger partial charge in [-0.15, -0.1) is 0 Å². The Bertz CT molecular complexity index is 2600. The molecule has 0 aliphatic heterocycles. The molecule has 1 spiro atoms. The van der Waals surface area contributed by atoms with Gasteiger partial charge in [0.15, 0.2) is 17.5 Å². The molecule has 51 heavy (non-hydrogen) atoms. The summed E-state index contributed by atoms with van der Waals surface area (Å²) in [6, 6.07) is 61.3. The zero-order chi connectivity index (χ0) is 33.9. The molecule has 0 saturated carbocycles. The van der Waals surface area contributed by atoms with Crippen LogP contribution in [-0.2, 0) is 5.41 Å². The fraction of sp³-hybridized carbons (Fsp3) is 0.0213. The second-order valence-corrected chi connectivity index (χ2v) is 13.0. The predicted octanol–water partition coefficient (Wildman–Crippen LogP) is 10.8. The Hall–Kier alpha value is -6.96. The van der Waals surface area contributed by atoms with Crippen molar-refractivity contribution in [3.05, 3.63) is 198 Å². The van der Waals surface area contributed by atoms with Crippen LogP contribution in [0.15, 0.2) is 170 Å². The molecular weight excluding hydrogens is 621 g/mol. The molecule has 0 unspecified atom stereocenters. The summed E-state index contributed by atoms with van der Waals surface area (Å²) in [5.74, 6) is 1.84. The maximum atomic E-state index is 10.1. The van der Waals surface area contributed by atoms with Crippen molar-refractivity contribution in [3.63, 3.8) is 0 Å². The summed E-state index contributed by atoms with van der Waals surface area (Å²) in [6.45, 7) is 0. The van der Waals surface area contributed by atoms with Crippen LogP contribution in [0.1, 0.15) is 27.8 Å². The van der Waals surface area contributed by atoms with Gasteiger partial charge in [0.2, 0.25) is 0 Å². The highest BCUT2D eigenvalue weighted by Gasteiger charge is 2.52. The molecule has 0 fully saturated rings. The van der Waals surface area contributed by atoms with Crippen LogP contribution in [0, 0.1) is 11.3 Å². The van der Waals surface area contributed by atoms with Gasteiger partial charge >= 0.3 is 0 Å². The first-order valence-electron chi connectivity index (χ1n) is 17.1. The third-order valence-electron chi connectivity index (χ3n) is 10.4. The number of nitrogens with zero attached hydrogens (tertiary/aromatic N) is 4. The molecule has 1 heterocycles. The molecule has 7 aromatic carbocycles. The predicted molar refractivity (Wildman–Crippen MR) is 203 cm³/mol. The van der Waals surface area contributed by atoms with E-state index in [1.165, 1.54) is 33.4 Å². The maximum Gasteiger partial charge on any atom is 0.164 e. The van der Waals surface area contributed by atoms with Crippen molar-refractivity contribution in [2.24, 2.45) is 0 Å². The topological polar surface area (TPSA) is 62.5 Å². The summed E-state index contributed by atoms with van der Waals surface area (Å²) in [6.07, 6.45) is 0. The van der Waals surface area contributed by atoms with Crippen LogP contribution in [0.2, 0.25) is 0 Å². The van der Waals surface area contributed by atoms with Crippen molar-refractivity contribution in [2.75, 3.05) is 0 Å². The standard InChI is InChI=1S/C47H28N4/c48-29-30-26-27-41-38(28-30)43-36(22-13-25-42(43)47(41)39-23-11-9-19-34(39)35-20-10-12-24-40(35)47)33-18-7-8-21-37(33)46-50-44(31-14-3-1-4-15-31)49-45(51-46)32-16-5-2-6-17-32/h1-28H. The number of fused-ring (bicyclic) bond motifs is 10. The second-order valence-electron chi connectivity index (χ2n) is 13.0. The Morgan fingerprint density at radius 2 is 0.843 bits per heavy atom. The Labute approximate surface area is 296 Å². The van der Waals surface area contributed by atoms with Crippen LogP contribution >= 0.6 is 0 Å². The molecule has 4 heteroatoms. The van der Waals surface area contributed by atoms with Crippen molar-refractivity contribution >= 4 is 0 Å². The lowest BCUT2D eigenvalue weighted by molar-refractivity contribution is 0.794. The smallest absolute Gasteiger partial charge is 0.164 e. The summed E-state index contributed by atoms with van der Waals surface area (Å²) in [4.78, 5) is 15.2. The molecule has 1 aromatic heterocycles. The fourth-order valence-electron chi connectivity index (χ4n) is 8.33. The van der Waals surface area contributed by atoms with Gasteiger partial charge in [-0.25, -0.2) is 15.0 Å². The zero-order valence-corrected chi connectivity index (χ0v) is 27.5. The highest BCUT2D eigenvalue weighted by atomic mass is 15.0. The van der Waals surface area contributed by atoms with Gasteiger partial charge in [-0.05, 0) is 67.8 Å². The molecule has 2 aliphatic rings. The van der Waals surface area contributed by atoms with Gasteiger partial charge in [-0.3, -0.25) is 0 Å². The van der Waals surface area contributed by atoms with Crippen LogP contribution in [-0.4, -0.2) is 15.0 Å². The molecule has 0 saturated heterocycles. The average molecular weight is 649 g/mol. The number of benzene rings is 7. The van der Waals surface area contributed by atoms with E-state index in [9.17, 15) is 5.26 Å². The largest absolute Gasteiger partial charge is 0.208 e. The van der Waals surface area contributed by atoms with E-state index in [4.69, 9.17) is 15.0 Å². The lowest BCUT2D eigenvalue weighted by Crippen LogP contribution is -2.25. The molecule has 0 N–H and O–H groups in total. The number of nitriles is 1. The fourth-order valence-corrected chi connectivity index (χ4v) is 8.33. The van der Waals surface area contributed by atoms with Gasteiger partial charge < -0.3 is 0 Å². The van der Waals surface area contributed by atoms with E-state index < -0.39 is 5.41 Å². The summed E-state index contributed by atoms with van der Waals surface area (Å²) in [5, 5.41) is 10.1. The Kier molecular flexibility index (Phi) is 6.43. The molecule has 0 bridgehead atoms. The molecule has 0 amide bonds. The van der Waals surface area contributed by atoms with Crippen LogP contribution in [0.25, 0.3) is 67.5 Å². The molecule has 4 nitrogen and oxygen atoms in total. The minimum absolute atomic E-state index is 0.523. The van der Waals surface area contributed by atoms with E-state index in [2.05, 4.69) is 103 Å². The number of hydrogen-bond acceptors (Lipinski definition) is 4. The molecule has 236 valence electrons. The Balaban J connectivity index is 1.26. The summed E-state index contributed by atoms with van der Waals surface area (Å²) >= 11 is 0. The van der Waals surface area contributed by atoms with Crippen molar-refractivity contribution in [1.82, 2.24) is 15.0 Å². The quantitative estimate of drug-likeness (QED) is 0.191. The minimum atomic E-state index is -0.523. The molecule has 10 rings (SSSR count). The van der Waals surface area contributed by atoms with Gasteiger partial charge in [-0.1, -0.05) is 158 Å². The van der Waals surface area contributed by atoms with E-state index >= 15 is 0 Å². The normalized spacial score (nSPS) is 12.8. The summed E-state index contributed by atoms with van der Waals surface area (Å²) in [5.41, 5.74) is 14.6. The van der Waals surface area contributed by atoms with Gasteiger partial charge in [0.05, 0.1) is 17.0 Å². The Morgan fingerprint density at radius 3 is 1.45 bits per heavy atom. The van der Waals surface area contributed by atoms with Gasteiger partial charge in [0.1, 0.15) is 0 Å². The number of aromatic nitrogens is 3. The van der Waals surface area contributed by atoms with E-state index in [1.807, 2.05) is 72.8 Å². The average Bonchev–Trinajstić information content (AvgIpc) is 3.68. The summed E-state index contributed by atoms with van der Waals surface area (Å²) < 4.78 is 0. The van der Waals surface area contributed by atoms with Crippen molar-refractivity contribution in [1.29, 1.82) is 5.26 Å².